The van der Waals surface area contributed by atoms with Gasteiger partial charge in [-0.15, -0.1) is 0 Å². The van der Waals surface area contributed by atoms with E-state index in [1.807, 2.05) is 18.2 Å². The Labute approximate surface area is 117 Å². The summed E-state index contributed by atoms with van der Waals surface area (Å²) >= 11 is 0. The van der Waals surface area contributed by atoms with Crippen molar-refractivity contribution in [3.8, 4) is 0 Å². The van der Waals surface area contributed by atoms with E-state index in [1.54, 1.807) is 32.1 Å². The first-order valence-electron chi connectivity index (χ1n) is 6.38. The number of ether oxygens (including phenoxy) is 1. The second-order valence-corrected chi connectivity index (χ2v) is 5.46. The number of fused-ring (bicyclic) bond motifs is 1. The average molecular weight is 275 g/mol. The van der Waals surface area contributed by atoms with Crippen molar-refractivity contribution in [3.63, 3.8) is 0 Å². The molecule has 0 bridgehead atoms. The van der Waals surface area contributed by atoms with Gasteiger partial charge in [-0.05, 0) is 19.4 Å². The van der Waals surface area contributed by atoms with E-state index in [9.17, 15) is 14.9 Å². The maximum Gasteiger partial charge on any atom is 0.312 e. The molecule has 1 aliphatic carbocycles. The number of hydrogen-bond donors (Lipinski definition) is 0. The van der Waals surface area contributed by atoms with Crippen LogP contribution in [0.2, 0.25) is 0 Å². The molecular weight excluding hydrogens is 258 g/mol. The lowest BCUT2D eigenvalue weighted by molar-refractivity contribution is -0.539. The van der Waals surface area contributed by atoms with Crippen molar-refractivity contribution in [1.29, 1.82) is 0 Å². The summed E-state index contributed by atoms with van der Waals surface area (Å²) in [6.07, 6.45) is 3.58. The second-order valence-electron chi connectivity index (χ2n) is 5.46. The first-order chi connectivity index (χ1) is 9.39. The number of carbonyl (C=O) groups excluding carboxylic acids is 1. The van der Waals surface area contributed by atoms with Crippen LogP contribution in [0.1, 0.15) is 31.0 Å². The largest absolute Gasteiger partial charge is 0.469 e. The fourth-order valence-electron chi connectivity index (χ4n) is 2.72. The molecule has 0 fully saturated rings. The number of benzene rings is 1. The van der Waals surface area contributed by atoms with Crippen molar-refractivity contribution in [2.75, 3.05) is 7.11 Å². The fraction of sp³-hybridized carbons (Fsp3) is 0.400. The Morgan fingerprint density at radius 2 is 2.00 bits per heavy atom. The van der Waals surface area contributed by atoms with E-state index in [4.69, 9.17) is 4.74 Å². The first-order valence-corrected chi connectivity index (χ1v) is 6.38. The molecule has 2 rings (SSSR count). The summed E-state index contributed by atoms with van der Waals surface area (Å²) in [7, 11) is 1.30. The van der Waals surface area contributed by atoms with E-state index in [2.05, 4.69) is 0 Å². The monoisotopic (exact) mass is 275 g/mol. The van der Waals surface area contributed by atoms with Gasteiger partial charge in [0.05, 0.1) is 18.4 Å². The maximum absolute atomic E-state index is 11.9. The zero-order valence-corrected chi connectivity index (χ0v) is 11.7. The highest BCUT2D eigenvalue weighted by Crippen LogP contribution is 2.44. The van der Waals surface area contributed by atoms with Crippen molar-refractivity contribution >= 4 is 12.0 Å². The van der Waals surface area contributed by atoms with E-state index in [-0.39, 0.29) is 4.92 Å². The molecular formula is C15H17NO4. The molecule has 2 atom stereocenters. The van der Waals surface area contributed by atoms with Crippen molar-refractivity contribution in [2.45, 2.75) is 19.9 Å². The number of hydrogen-bond acceptors (Lipinski definition) is 4. The summed E-state index contributed by atoms with van der Waals surface area (Å²) in [5.74, 6) is -0.988. The molecule has 1 aromatic carbocycles. The lowest BCUT2D eigenvalue weighted by atomic mass is 9.70. The van der Waals surface area contributed by atoms with E-state index < -0.39 is 23.3 Å². The number of esters is 1. The predicted octanol–water partition coefficient (Wildman–Crippen LogP) is 2.85. The topological polar surface area (TPSA) is 69.4 Å². The van der Waals surface area contributed by atoms with Gasteiger partial charge in [-0.2, -0.15) is 0 Å². The highest BCUT2D eigenvalue weighted by Gasteiger charge is 2.48. The molecule has 1 aromatic rings. The molecule has 0 aromatic heterocycles. The number of rotatable bonds is 3. The lowest BCUT2D eigenvalue weighted by Gasteiger charge is -2.33. The standard InChI is InChI=1S/C15H17NO4/c1-15(2,14(17)20-3)12-9-8-10-6-4-5-7-11(10)13(12)16(18)19/h4-9,12-13H,1-3H3. The van der Waals surface area contributed by atoms with Gasteiger partial charge >= 0.3 is 5.97 Å². The predicted molar refractivity (Wildman–Crippen MR) is 74.5 cm³/mol. The molecule has 0 amide bonds. The molecule has 0 spiro atoms. The molecule has 20 heavy (non-hydrogen) atoms. The van der Waals surface area contributed by atoms with Crippen LogP contribution in [0.3, 0.4) is 0 Å². The smallest absolute Gasteiger partial charge is 0.312 e. The van der Waals surface area contributed by atoms with Crippen LogP contribution >= 0.6 is 0 Å². The fourth-order valence-corrected chi connectivity index (χ4v) is 2.72. The molecule has 0 radical (unpaired) electrons. The minimum atomic E-state index is -0.962. The summed E-state index contributed by atoms with van der Waals surface area (Å²) in [4.78, 5) is 23.1. The molecule has 5 nitrogen and oxygen atoms in total. The highest BCUT2D eigenvalue weighted by molar-refractivity contribution is 5.77. The molecule has 0 N–H and O–H groups in total. The summed E-state index contributed by atoms with van der Waals surface area (Å²) in [6, 6.07) is 6.25. The second kappa shape index (κ2) is 5.07. The molecule has 0 aliphatic heterocycles. The zero-order chi connectivity index (χ0) is 14.9. The number of methoxy groups -OCH3 is 1. The lowest BCUT2D eigenvalue weighted by Crippen LogP contribution is -2.40. The Morgan fingerprint density at radius 1 is 1.35 bits per heavy atom. The van der Waals surface area contributed by atoms with Gasteiger partial charge in [0.15, 0.2) is 0 Å². The molecule has 1 aliphatic rings. The number of carbonyl (C=O) groups is 1. The summed E-state index contributed by atoms with van der Waals surface area (Å²) in [5.41, 5.74) is 0.504. The highest BCUT2D eigenvalue weighted by atomic mass is 16.6. The van der Waals surface area contributed by atoms with Gasteiger partial charge in [0.1, 0.15) is 0 Å². The van der Waals surface area contributed by atoms with Crippen LogP contribution in [0.4, 0.5) is 0 Å². The van der Waals surface area contributed by atoms with Crippen molar-refractivity contribution < 1.29 is 14.5 Å². The zero-order valence-electron chi connectivity index (χ0n) is 11.7. The Hall–Kier alpha value is -2.17. The molecule has 0 heterocycles. The first kappa shape index (κ1) is 14.2. The van der Waals surface area contributed by atoms with Crippen LogP contribution in [0.15, 0.2) is 30.3 Å². The van der Waals surface area contributed by atoms with Crippen molar-refractivity contribution in [1.82, 2.24) is 0 Å². The molecule has 5 heteroatoms. The summed E-state index contributed by atoms with van der Waals surface area (Å²) < 4.78 is 4.79. The Kier molecular flexibility index (Phi) is 3.61. The van der Waals surface area contributed by atoms with Gasteiger partial charge in [-0.1, -0.05) is 36.4 Å². The Morgan fingerprint density at radius 3 is 2.60 bits per heavy atom. The van der Waals surface area contributed by atoms with Gasteiger partial charge in [-0.3, -0.25) is 14.9 Å². The van der Waals surface area contributed by atoms with E-state index in [1.165, 1.54) is 7.11 Å². The van der Waals surface area contributed by atoms with Gasteiger partial charge in [0.25, 0.3) is 0 Å². The average Bonchev–Trinajstić information content (AvgIpc) is 2.44. The summed E-state index contributed by atoms with van der Waals surface area (Å²) in [5, 5.41) is 11.5. The summed E-state index contributed by atoms with van der Waals surface area (Å²) in [6.45, 7) is 3.36. The normalized spacial score (nSPS) is 21.1. The molecule has 106 valence electrons. The number of nitro groups is 1. The van der Waals surface area contributed by atoms with Crippen LogP contribution in [-0.4, -0.2) is 18.0 Å². The van der Waals surface area contributed by atoms with Crippen LogP contribution in [0, 0.1) is 21.4 Å². The SMILES string of the molecule is COC(=O)C(C)(C)C1C=Cc2ccccc2C1[N+](=O)[O-]. The van der Waals surface area contributed by atoms with E-state index in [0.29, 0.717) is 5.56 Å². The van der Waals surface area contributed by atoms with Crippen molar-refractivity contribution in [2.24, 2.45) is 11.3 Å². The Balaban J connectivity index is 2.51. The van der Waals surface area contributed by atoms with Gasteiger partial charge in [0.2, 0.25) is 6.04 Å². The van der Waals surface area contributed by atoms with Gasteiger partial charge < -0.3 is 4.74 Å². The molecule has 2 unspecified atom stereocenters. The molecule has 0 saturated heterocycles. The third kappa shape index (κ3) is 2.19. The van der Waals surface area contributed by atoms with E-state index >= 15 is 0 Å². The maximum atomic E-state index is 11.9. The number of nitrogens with zero attached hydrogens (tertiary/aromatic N) is 1. The third-order valence-electron chi connectivity index (χ3n) is 3.91. The minimum absolute atomic E-state index is 0.322. The molecule has 0 saturated carbocycles. The quantitative estimate of drug-likeness (QED) is 0.483. The third-order valence-corrected chi connectivity index (χ3v) is 3.91. The van der Waals surface area contributed by atoms with Gasteiger partial charge in [-0.25, -0.2) is 0 Å². The van der Waals surface area contributed by atoms with Crippen LogP contribution in [0.25, 0.3) is 6.08 Å². The van der Waals surface area contributed by atoms with Gasteiger partial charge in [0, 0.05) is 10.5 Å². The van der Waals surface area contributed by atoms with Crippen molar-refractivity contribution in [3.05, 3.63) is 51.6 Å². The van der Waals surface area contributed by atoms with Crippen LogP contribution in [0.5, 0.6) is 0 Å². The van der Waals surface area contributed by atoms with Crippen LogP contribution in [-0.2, 0) is 9.53 Å². The van der Waals surface area contributed by atoms with Crippen LogP contribution < -0.4 is 0 Å². The minimum Gasteiger partial charge on any atom is -0.469 e. The van der Waals surface area contributed by atoms with E-state index in [0.717, 1.165) is 5.56 Å². The Bertz CT molecular complexity index is 577.